The third-order valence-corrected chi connectivity index (χ3v) is 14.7. The second-order valence-electron chi connectivity index (χ2n) is 17.2. The van der Waals surface area contributed by atoms with Gasteiger partial charge in [-0.2, -0.15) is 4.98 Å². The number of carbonyl (C=O) groups excluding carboxylic acids is 2. The minimum atomic E-state index is -3.45. The molecule has 0 spiro atoms. The van der Waals surface area contributed by atoms with Crippen LogP contribution in [0.3, 0.4) is 0 Å². The maximum absolute atomic E-state index is 12.5. The Morgan fingerprint density at radius 2 is 1.60 bits per heavy atom. The van der Waals surface area contributed by atoms with Crippen molar-refractivity contribution in [1.29, 1.82) is 0 Å². The minimum Gasteiger partial charge on any atom is -0.494 e. The van der Waals surface area contributed by atoms with Gasteiger partial charge in [0, 0.05) is 95.4 Å². The molecule has 1 unspecified atom stereocenters. The molecule has 2 atom stereocenters. The van der Waals surface area contributed by atoms with Crippen LogP contribution in [-0.2, 0) is 26.0 Å². The van der Waals surface area contributed by atoms with Crippen molar-refractivity contribution < 1.29 is 22.7 Å². The minimum absolute atomic E-state index is 0.177. The van der Waals surface area contributed by atoms with Gasteiger partial charge in [0.2, 0.25) is 27.8 Å². The lowest BCUT2D eigenvalue weighted by Gasteiger charge is -2.43. The molecule has 4 fully saturated rings. The van der Waals surface area contributed by atoms with Gasteiger partial charge < -0.3 is 30.1 Å². The van der Waals surface area contributed by atoms with Gasteiger partial charge in [0.1, 0.15) is 10.8 Å². The van der Waals surface area contributed by atoms with Gasteiger partial charge in [0.05, 0.1) is 42.5 Å². The van der Waals surface area contributed by atoms with Crippen LogP contribution < -0.4 is 34.8 Å². The summed E-state index contributed by atoms with van der Waals surface area (Å²) < 4.78 is 32.3. The van der Waals surface area contributed by atoms with Crippen LogP contribution >= 0.6 is 11.6 Å². The van der Waals surface area contributed by atoms with E-state index in [1.54, 1.807) is 7.11 Å². The Labute approximate surface area is 368 Å². The molecule has 62 heavy (non-hydrogen) atoms. The molecule has 3 N–H and O–H groups in total. The third-order valence-electron chi connectivity index (χ3n) is 13.2. The highest BCUT2D eigenvalue weighted by atomic mass is 35.5. The zero-order valence-corrected chi connectivity index (χ0v) is 36.9. The average molecular weight is 884 g/mol. The second-order valence-corrected chi connectivity index (χ2v) is 19.5. The first-order chi connectivity index (χ1) is 30.0. The van der Waals surface area contributed by atoms with Crippen molar-refractivity contribution in [3.05, 3.63) is 83.0 Å². The summed E-state index contributed by atoms with van der Waals surface area (Å²) in [5.41, 5.74) is 6.18. The van der Waals surface area contributed by atoms with E-state index in [0.29, 0.717) is 77.4 Å². The molecule has 17 heteroatoms. The number of imide groups is 1. The monoisotopic (exact) mass is 882 g/mol. The van der Waals surface area contributed by atoms with Gasteiger partial charge in [-0.15, -0.1) is 0 Å². The number of para-hydroxylation sites is 1. The van der Waals surface area contributed by atoms with Crippen LogP contribution in [0.5, 0.6) is 5.75 Å². The average Bonchev–Trinajstić information content (AvgIpc) is 3.94. The summed E-state index contributed by atoms with van der Waals surface area (Å²) in [5.74, 6) is 1.38. The quantitative estimate of drug-likeness (QED) is 0.152. The van der Waals surface area contributed by atoms with Gasteiger partial charge in [0.15, 0.2) is 5.82 Å². The second kappa shape index (κ2) is 17.9. The van der Waals surface area contributed by atoms with Crippen molar-refractivity contribution in [1.82, 2.24) is 25.1 Å². The number of aromatic nitrogens is 2. The predicted molar refractivity (Wildman–Crippen MR) is 244 cm³/mol. The Bertz CT molecular complexity index is 2410. The molecule has 15 nitrogen and oxygen atoms in total. The summed E-state index contributed by atoms with van der Waals surface area (Å²) in [6, 6.07) is 20.8. The van der Waals surface area contributed by atoms with Crippen molar-refractivity contribution in [3.63, 3.8) is 0 Å². The number of nitrogens with zero attached hydrogens (tertiary/aromatic N) is 7. The van der Waals surface area contributed by atoms with Gasteiger partial charge in [-0.1, -0.05) is 35.9 Å². The lowest BCUT2D eigenvalue weighted by Crippen LogP contribution is -2.53. The molecule has 0 radical (unpaired) electrons. The molecular weight excluding hydrogens is 828 g/mol. The fourth-order valence-electron chi connectivity index (χ4n) is 9.91. The van der Waals surface area contributed by atoms with Gasteiger partial charge in [-0.25, -0.2) is 13.4 Å². The van der Waals surface area contributed by atoms with E-state index in [1.165, 1.54) is 28.9 Å². The van der Waals surface area contributed by atoms with Crippen LogP contribution in [0.15, 0.2) is 66.9 Å². The van der Waals surface area contributed by atoms with E-state index >= 15 is 0 Å². The van der Waals surface area contributed by atoms with E-state index in [-0.39, 0.29) is 17.7 Å². The molecule has 1 aromatic heterocycles. The van der Waals surface area contributed by atoms with E-state index < -0.39 is 10.0 Å². The molecule has 6 heterocycles. The molecular formula is C45H55ClN10O5S. The van der Waals surface area contributed by atoms with Crippen molar-refractivity contribution in [3.8, 4) is 5.75 Å². The molecule has 5 aliphatic rings. The molecule has 328 valence electrons. The summed E-state index contributed by atoms with van der Waals surface area (Å²) in [6.07, 6.45) is 7.75. The van der Waals surface area contributed by atoms with Gasteiger partial charge in [-0.3, -0.25) is 24.1 Å². The number of anilines is 7. The summed E-state index contributed by atoms with van der Waals surface area (Å²) in [7, 11) is -1.80. The summed E-state index contributed by atoms with van der Waals surface area (Å²) in [6.45, 7) is 10.00. The number of hydrogen-bond donors (Lipinski definition) is 3. The molecule has 0 saturated carbocycles. The topological polar surface area (TPSA) is 156 Å². The molecule has 2 amide bonds. The van der Waals surface area contributed by atoms with E-state index in [4.69, 9.17) is 16.3 Å². The number of rotatable bonds is 12. The third kappa shape index (κ3) is 9.15. The largest absolute Gasteiger partial charge is 0.494 e. The van der Waals surface area contributed by atoms with Crippen molar-refractivity contribution in [2.24, 2.45) is 5.92 Å². The Balaban J connectivity index is 0.742. The highest BCUT2D eigenvalue weighted by Crippen LogP contribution is 2.40. The Morgan fingerprint density at radius 3 is 2.34 bits per heavy atom. The predicted octanol–water partition coefficient (Wildman–Crippen LogP) is 5.58. The first-order valence-electron chi connectivity index (χ1n) is 21.7. The van der Waals surface area contributed by atoms with Crippen molar-refractivity contribution >= 4 is 73.6 Å². The molecule has 0 bridgehead atoms. The van der Waals surface area contributed by atoms with E-state index in [1.807, 2.05) is 24.3 Å². The highest BCUT2D eigenvalue weighted by Gasteiger charge is 2.33. The molecule has 5 aliphatic heterocycles. The number of halogens is 1. The fourth-order valence-corrected chi connectivity index (χ4v) is 11.0. The summed E-state index contributed by atoms with van der Waals surface area (Å²) in [5, 5.41) is 9.32. The molecule has 9 rings (SSSR count). The zero-order chi connectivity index (χ0) is 43.0. The van der Waals surface area contributed by atoms with Gasteiger partial charge >= 0.3 is 0 Å². The number of hydrogen-bond acceptors (Lipinski definition) is 13. The maximum Gasteiger partial charge on any atom is 0.234 e. The molecule has 3 aromatic carbocycles. The number of fused-ring (bicyclic) bond motifs is 1. The Kier molecular flexibility index (Phi) is 12.2. The number of piperazine rings is 1. The van der Waals surface area contributed by atoms with E-state index in [0.717, 1.165) is 88.6 Å². The molecule has 4 saturated heterocycles. The lowest BCUT2D eigenvalue weighted by atomic mass is 9.90. The van der Waals surface area contributed by atoms with Gasteiger partial charge in [-0.05, 0) is 79.5 Å². The number of ether oxygens (including phenoxy) is 1. The Hall–Kier alpha value is -5.16. The number of methoxy groups -OCH3 is 1. The first-order valence-corrected chi connectivity index (χ1v) is 24.0. The lowest BCUT2D eigenvalue weighted by molar-refractivity contribution is -0.134. The normalized spacial score (nSPS) is 21.6. The molecule has 0 aliphatic carbocycles. The Morgan fingerprint density at radius 1 is 0.839 bits per heavy atom. The number of piperidine rings is 2. The maximum atomic E-state index is 12.5. The first kappa shape index (κ1) is 42.2. The number of amides is 2. The van der Waals surface area contributed by atoms with E-state index in [2.05, 4.69) is 81.9 Å². The van der Waals surface area contributed by atoms with Crippen LogP contribution in [0.4, 0.5) is 40.2 Å². The number of sulfonamides is 1. The van der Waals surface area contributed by atoms with E-state index in [9.17, 15) is 18.0 Å². The highest BCUT2D eigenvalue weighted by molar-refractivity contribution is 7.92. The standard InChI is InChI=1S/C45H55ClN10O5S/c1-61-40-26-35(10-12-38(40)49-45-47-27-37(46)43(51-45)48-39-5-3-4-32-15-21-56(42(32)39)62(2,59)60)53-19-16-34(17-20-53)54-24-22-52(23-25-54)28-30-14-18-55(29-30)33-8-6-31(7-9-33)36-11-13-41(57)50-44(36)58/h3-10,12,26-27,30,34,36H,11,13-25,28-29H2,1-2H3,(H,50,57,58)(H2,47,48,49,51)/t30-,36?/m1/s1. The molecule has 4 aromatic rings. The summed E-state index contributed by atoms with van der Waals surface area (Å²) in [4.78, 5) is 43.2. The number of benzene rings is 3. The smallest absolute Gasteiger partial charge is 0.234 e. The summed E-state index contributed by atoms with van der Waals surface area (Å²) >= 11 is 6.54. The van der Waals surface area contributed by atoms with Crippen LogP contribution in [-0.4, -0.2) is 125 Å². The fraction of sp³-hybridized carbons (Fsp3) is 0.467. The SMILES string of the molecule is COc1cc(N2CCC(N3CCN(C[C@H]4CCN(c5ccc(C6CCC(=O)NC6=O)cc5)C4)CC3)CC2)ccc1Nc1ncc(Cl)c(Nc2cccc3c2N(S(C)(=O)=O)CC3)n1. The zero-order valence-electron chi connectivity index (χ0n) is 35.4. The number of nitrogens with one attached hydrogen (secondary N) is 3. The van der Waals surface area contributed by atoms with Gasteiger partial charge in [0.25, 0.3) is 0 Å². The number of carbonyl (C=O) groups is 2. The van der Waals surface area contributed by atoms with Crippen LogP contribution in [0, 0.1) is 5.92 Å². The van der Waals surface area contributed by atoms with Crippen LogP contribution in [0.2, 0.25) is 5.02 Å². The van der Waals surface area contributed by atoms with Crippen molar-refractivity contribution in [2.75, 3.05) is 104 Å². The van der Waals surface area contributed by atoms with Crippen LogP contribution in [0.1, 0.15) is 49.1 Å². The van der Waals surface area contributed by atoms with Crippen LogP contribution in [0.25, 0.3) is 0 Å². The van der Waals surface area contributed by atoms with Crippen molar-refractivity contribution in [2.45, 2.75) is 50.5 Å².